The maximum Gasteiger partial charge on any atom is 0.415 e. The van der Waals surface area contributed by atoms with Crippen LogP contribution in [0.3, 0.4) is 0 Å². The average molecular weight is 471 g/mol. The summed E-state index contributed by atoms with van der Waals surface area (Å²) in [6, 6.07) is 19.3. The third kappa shape index (κ3) is 4.99. The maximum atomic E-state index is 13.4. The minimum Gasteiger partial charge on any atom is -0.441 e. The van der Waals surface area contributed by atoms with Crippen molar-refractivity contribution in [3.63, 3.8) is 0 Å². The molecule has 0 radical (unpaired) electrons. The van der Waals surface area contributed by atoms with Gasteiger partial charge in [0.2, 0.25) is 0 Å². The number of amides is 2. The molecule has 2 saturated heterocycles. The lowest BCUT2D eigenvalue weighted by Gasteiger charge is -2.26. The van der Waals surface area contributed by atoms with Crippen molar-refractivity contribution >= 4 is 23.4 Å². The molecule has 0 aliphatic carbocycles. The van der Waals surface area contributed by atoms with Gasteiger partial charge < -0.3 is 15.0 Å². The van der Waals surface area contributed by atoms with Gasteiger partial charge in [-0.05, 0) is 61.2 Å². The monoisotopic (exact) mass is 470 g/mol. The van der Waals surface area contributed by atoms with E-state index in [1.165, 1.54) is 0 Å². The van der Waals surface area contributed by atoms with Crippen molar-refractivity contribution < 1.29 is 14.3 Å². The fourth-order valence-electron chi connectivity index (χ4n) is 4.89. The first kappa shape index (κ1) is 22.9. The summed E-state index contributed by atoms with van der Waals surface area (Å²) >= 11 is 0. The van der Waals surface area contributed by atoms with Gasteiger partial charge in [-0.2, -0.15) is 0 Å². The van der Waals surface area contributed by atoms with Gasteiger partial charge in [0.15, 0.2) is 0 Å². The highest BCUT2D eigenvalue weighted by Gasteiger charge is 2.46. The average Bonchev–Trinajstić information content (AvgIpc) is 3.08. The number of rotatable bonds is 5. The highest BCUT2D eigenvalue weighted by atomic mass is 16.6. The van der Waals surface area contributed by atoms with Gasteiger partial charge in [-0.25, -0.2) is 4.79 Å². The van der Waals surface area contributed by atoms with Gasteiger partial charge in [-0.1, -0.05) is 30.3 Å². The van der Waals surface area contributed by atoms with Gasteiger partial charge in [0, 0.05) is 55.4 Å². The molecule has 2 aliphatic rings. The number of pyridine rings is 1. The van der Waals surface area contributed by atoms with Crippen LogP contribution in [-0.4, -0.2) is 47.1 Å². The summed E-state index contributed by atoms with van der Waals surface area (Å²) in [6.07, 6.45) is 5.45. The van der Waals surface area contributed by atoms with Gasteiger partial charge in [0.25, 0.3) is 5.91 Å². The van der Waals surface area contributed by atoms with Crippen LogP contribution in [0, 0.1) is 6.92 Å². The van der Waals surface area contributed by atoms with E-state index >= 15 is 0 Å². The van der Waals surface area contributed by atoms with Gasteiger partial charge in [-0.15, -0.1) is 0 Å². The van der Waals surface area contributed by atoms with E-state index < -0.39 is 5.60 Å². The molecule has 2 aromatic carbocycles. The summed E-state index contributed by atoms with van der Waals surface area (Å²) in [4.78, 5) is 33.8. The Hall–Kier alpha value is -3.87. The first-order valence-electron chi connectivity index (χ1n) is 12.1. The van der Waals surface area contributed by atoms with Crippen LogP contribution in [0.1, 0.15) is 40.7 Å². The lowest BCUT2D eigenvalue weighted by Crippen LogP contribution is -2.37. The predicted octanol–water partition coefficient (Wildman–Crippen LogP) is 5.02. The van der Waals surface area contributed by atoms with Crippen molar-refractivity contribution in [3.8, 4) is 0 Å². The number of hydrogen-bond acceptors (Lipinski definition) is 5. The first-order valence-corrected chi connectivity index (χ1v) is 12.1. The standard InChI is InChI=1S/C28H30N4O3/c1-21-10-11-23(17-25(21)30-19-22-7-5-14-29-18-22)26(33)31-15-6-12-28(13-16-31)20-32(27(34)35-28)24-8-3-2-4-9-24/h2-5,7-11,14,17-18,30H,6,12-13,15-16,19-20H2,1H3/t28-/m0/s1. The van der Waals surface area contributed by atoms with E-state index in [2.05, 4.69) is 10.3 Å². The van der Waals surface area contributed by atoms with Crippen LogP contribution >= 0.6 is 0 Å². The van der Waals surface area contributed by atoms with Crippen molar-refractivity contribution in [2.75, 3.05) is 29.9 Å². The quantitative estimate of drug-likeness (QED) is 0.567. The molecule has 3 aromatic rings. The van der Waals surface area contributed by atoms with E-state index in [1.807, 2.05) is 78.7 Å². The van der Waals surface area contributed by atoms with Crippen LogP contribution in [0.2, 0.25) is 0 Å². The van der Waals surface area contributed by atoms with E-state index in [1.54, 1.807) is 11.1 Å². The summed E-state index contributed by atoms with van der Waals surface area (Å²) in [6.45, 7) is 4.39. The zero-order valence-electron chi connectivity index (χ0n) is 19.9. The molecule has 1 N–H and O–H groups in total. The van der Waals surface area contributed by atoms with Crippen molar-refractivity contribution in [3.05, 3.63) is 89.7 Å². The number of anilines is 2. The predicted molar refractivity (Wildman–Crippen MR) is 135 cm³/mol. The molecule has 180 valence electrons. The fourth-order valence-corrected chi connectivity index (χ4v) is 4.89. The second-order valence-corrected chi connectivity index (χ2v) is 9.36. The molecule has 1 atom stereocenters. The highest BCUT2D eigenvalue weighted by molar-refractivity contribution is 5.95. The number of nitrogens with one attached hydrogen (secondary N) is 1. The van der Waals surface area contributed by atoms with Crippen molar-refractivity contribution in [2.45, 2.75) is 38.3 Å². The number of ether oxygens (including phenoxy) is 1. The van der Waals surface area contributed by atoms with Crippen LogP contribution in [0.15, 0.2) is 73.1 Å². The Balaban J connectivity index is 1.25. The van der Waals surface area contributed by atoms with Crippen LogP contribution in [0.5, 0.6) is 0 Å². The molecule has 2 amide bonds. The van der Waals surface area contributed by atoms with Gasteiger partial charge in [0.1, 0.15) is 5.60 Å². The molecule has 35 heavy (non-hydrogen) atoms. The number of aryl methyl sites for hydroxylation is 1. The number of nitrogens with zero attached hydrogens (tertiary/aromatic N) is 3. The number of carbonyl (C=O) groups is 2. The molecule has 0 bridgehead atoms. The highest BCUT2D eigenvalue weighted by Crippen LogP contribution is 2.36. The topological polar surface area (TPSA) is 74.8 Å². The summed E-state index contributed by atoms with van der Waals surface area (Å²) in [5, 5.41) is 3.43. The minimum absolute atomic E-state index is 0.00992. The molecule has 1 aromatic heterocycles. The SMILES string of the molecule is Cc1ccc(C(=O)N2CCC[C@]3(CC2)CN(c2ccccc2)C(=O)O3)cc1NCc1cccnc1. The van der Waals surface area contributed by atoms with Crippen LogP contribution in [-0.2, 0) is 11.3 Å². The Bertz CT molecular complexity index is 1200. The van der Waals surface area contributed by atoms with E-state index in [4.69, 9.17) is 4.74 Å². The maximum absolute atomic E-state index is 13.4. The van der Waals surface area contributed by atoms with E-state index in [-0.39, 0.29) is 12.0 Å². The first-order chi connectivity index (χ1) is 17.0. The van der Waals surface area contributed by atoms with Crippen molar-refractivity contribution in [2.24, 2.45) is 0 Å². The second-order valence-electron chi connectivity index (χ2n) is 9.36. The molecule has 0 saturated carbocycles. The number of carbonyl (C=O) groups excluding carboxylic acids is 2. The Morgan fingerprint density at radius 3 is 2.74 bits per heavy atom. The summed E-state index contributed by atoms with van der Waals surface area (Å²) in [7, 11) is 0. The molecule has 7 heteroatoms. The zero-order chi connectivity index (χ0) is 24.3. The Kier molecular flexibility index (Phi) is 6.40. The second kappa shape index (κ2) is 9.78. The van der Waals surface area contributed by atoms with E-state index in [0.29, 0.717) is 38.2 Å². The number of aromatic nitrogens is 1. The Morgan fingerprint density at radius 1 is 1.09 bits per heavy atom. The summed E-state index contributed by atoms with van der Waals surface area (Å²) in [5.41, 5.74) is 4.06. The lowest BCUT2D eigenvalue weighted by atomic mass is 9.95. The third-order valence-corrected chi connectivity index (χ3v) is 6.91. The lowest BCUT2D eigenvalue weighted by molar-refractivity contribution is 0.0438. The third-order valence-electron chi connectivity index (χ3n) is 6.91. The summed E-state index contributed by atoms with van der Waals surface area (Å²) < 4.78 is 5.91. The molecule has 5 rings (SSSR count). The molecular formula is C28H30N4O3. The number of likely N-dealkylation sites (tertiary alicyclic amines) is 1. The van der Waals surface area contributed by atoms with Crippen LogP contribution in [0.4, 0.5) is 16.2 Å². The largest absolute Gasteiger partial charge is 0.441 e. The van der Waals surface area contributed by atoms with Gasteiger partial charge >= 0.3 is 6.09 Å². The number of benzene rings is 2. The molecule has 2 aliphatic heterocycles. The normalized spacial score (nSPS) is 20.0. The summed E-state index contributed by atoms with van der Waals surface area (Å²) in [5.74, 6) is 0.00992. The Morgan fingerprint density at radius 2 is 1.94 bits per heavy atom. The minimum atomic E-state index is -0.550. The molecule has 1 spiro atoms. The zero-order valence-corrected chi connectivity index (χ0v) is 19.9. The fraction of sp³-hybridized carbons (Fsp3) is 0.321. The number of hydrogen-bond donors (Lipinski definition) is 1. The molecular weight excluding hydrogens is 440 g/mol. The molecule has 7 nitrogen and oxygen atoms in total. The van der Waals surface area contributed by atoms with Gasteiger partial charge in [0.05, 0.1) is 6.54 Å². The molecule has 3 heterocycles. The smallest absolute Gasteiger partial charge is 0.415 e. The molecule has 2 fully saturated rings. The van der Waals surface area contributed by atoms with Crippen molar-refractivity contribution in [1.29, 1.82) is 0 Å². The van der Waals surface area contributed by atoms with E-state index in [9.17, 15) is 9.59 Å². The Labute approximate surface area is 205 Å². The van der Waals surface area contributed by atoms with Crippen LogP contribution < -0.4 is 10.2 Å². The van der Waals surface area contributed by atoms with Crippen molar-refractivity contribution in [1.82, 2.24) is 9.88 Å². The van der Waals surface area contributed by atoms with Gasteiger partial charge in [-0.3, -0.25) is 14.7 Å². The molecule has 0 unspecified atom stereocenters. The van der Waals surface area contributed by atoms with Crippen LogP contribution in [0.25, 0.3) is 0 Å². The number of para-hydroxylation sites is 1. The van der Waals surface area contributed by atoms with E-state index in [0.717, 1.165) is 35.3 Å².